The summed E-state index contributed by atoms with van der Waals surface area (Å²) in [5.41, 5.74) is 3.33. The molecule has 0 aliphatic heterocycles. The number of fused-ring (bicyclic) bond motifs is 1. The van der Waals surface area contributed by atoms with Crippen molar-refractivity contribution in [2.75, 3.05) is 6.26 Å². The van der Waals surface area contributed by atoms with Crippen molar-refractivity contribution in [3.63, 3.8) is 0 Å². The number of aromatic amines is 1. The smallest absolute Gasteiger partial charge is 0.211 e. The summed E-state index contributed by atoms with van der Waals surface area (Å²) in [6, 6.07) is 8.25. The Bertz CT molecular complexity index is 828. The van der Waals surface area contributed by atoms with Gasteiger partial charge in [-0.2, -0.15) is 9.78 Å². The molecule has 0 saturated heterocycles. The summed E-state index contributed by atoms with van der Waals surface area (Å²) < 4.78 is 1.83. The number of hydrogen-bond acceptors (Lipinski definition) is 4. The van der Waals surface area contributed by atoms with Gasteiger partial charge in [0.1, 0.15) is 0 Å². The number of thioether (sulfide) groups is 1. The van der Waals surface area contributed by atoms with E-state index in [1.165, 1.54) is 5.39 Å². The van der Waals surface area contributed by atoms with Crippen LogP contribution < -0.4 is 0 Å². The van der Waals surface area contributed by atoms with Gasteiger partial charge in [-0.1, -0.05) is 43.8 Å². The second kappa shape index (κ2) is 5.96. The molecule has 0 spiro atoms. The first-order valence-corrected chi connectivity index (χ1v) is 8.45. The van der Waals surface area contributed by atoms with Gasteiger partial charge in [0.25, 0.3) is 0 Å². The molecular weight excluding hydrogens is 294 g/mol. The number of nitrogens with one attached hydrogen (secondary N) is 1. The predicted molar refractivity (Wildman–Crippen MR) is 91.9 cm³/mol. The van der Waals surface area contributed by atoms with Crippen LogP contribution in [0.1, 0.15) is 36.8 Å². The van der Waals surface area contributed by atoms with Gasteiger partial charge < -0.3 is 4.98 Å². The molecule has 22 heavy (non-hydrogen) atoms. The Morgan fingerprint density at radius 3 is 2.77 bits per heavy atom. The van der Waals surface area contributed by atoms with Crippen LogP contribution in [0.4, 0.5) is 0 Å². The second-order valence-electron chi connectivity index (χ2n) is 5.47. The highest BCUT2D eigenvalue weighted by Gasteiger charge is 2.14. The molecule has 0 bridgehead atoms. The van der Waals surface area contributed by atoms with E-state index in [0.29, 0.717) is 0 Å². The Hall–Kier alpha value is -2.08. The number of hydrogen-bond donors (Lipinski definition) is 1. The van der Waals surface area contributed by atoms with E-state index in [1.807, 2.05) is 29.3 Å². The lowest BCUT2D eigenvalue weighted by molar-refractivity contribution is 0.668. The van der Waals surface area contributed by atoms with E-state index in [2.05, 4.69) is 53.2 Å². The average molecular weight is 313 g/mol. The van der Waals surface area contributed by atoms with Crippen molar-refractivity contribution in [1.82, 2.24) is 19.9 Å². The molecule has 0 fully saturated rings. The molecule has 3 aromatic rings. The molecule has 1 aromatic carbocycles. The molecule has 5 nitrogen and oxygen atoms in total. The number of rotatable bonds is 4. The number of H-pyrrole nitrogens is 1. The predicted octanol–water partition coefficient (Wildman–Crippen LogP) is 3.80. The zero-order chi connectivity index (χ0) is 15.7. The SMILES string of the molecule is CSc1nnc(C(C)C)n1/N=C\c1c(C)[nH]c2ccccc12. The Morgan fingerprint density at radius 1 is 1.27 bits per heavy atom. The number of aromatic nitrogens is 4. The molecule has 1 N–H and O–H groups in total. The van der Waals surface area contributed by atoms with Gasteiger partial charge in [-0.05, 0) is 19.2 Å². The first-order chi connectivity index (χ1) is 10.6. The highest BCUT2D eigenvalue weighted by Crippen LogP contribution is 2.22. The van der Waals surface area contributed by atoms with Crippen LogP contribution in [0, 0.1) is 6.92 Å². The minimum absolute atomic E-state index is 0.273. The van der Waals surface area contributed by atoms with Crippen LogP contribution in [0.2, 0.25) is 0 Å². The van der Waals surface area contributed by atoms with E-state index in [-0.39, 0.29) is 5.92 Å². The van der Waals surface area contributed by atoms with Gasteiger partial charge in [0, 0.05) is 28.1 Å². The molecule has 6 heteroatoms. The minimum atomic E-state index is 0.273. The van der Waals surface area contributed by atoms with Crippen molar-refractivity contribution in [2.45, 2.75) is 31.8 Å². The van der Waals surface area contributed by atoms with E-state index >= 15 is 0 Å². The van der Waals surface area contributed by atoms with Gasteiger partial charge in [0.15, 0.2) is 5.82 Å². The molecule has 0 amide bonds. The van der Waals surface area contributed by atoms with E-state index in [4.69, 9.17) is 0 Å². The molecule has 2 aromatic heterocycles. The average Bonchev–Trinajstić information content (AvgIpc) is 3.05. The maximum absolute atomic E-state index is 4.64. The van der Waals surface area contributed by atoms with Crippen molar-refractivity contribution in [2.24, 2.45) is 5.10 Å². The zero-order valence-electron chi connectivity index (χ0n) is 13.2. The van der Waals surface area contributed by atoms with Crippen molar-refractivity contribution in [1.29, 1.82) is 0 Å². The summed E-state index contributed by atoms with van der Waals surface area (Å²) in [7, 11) is 0. The lowest BCUT2D eigenvalue weighted by Gasteiger charge is -2.05. The third-order valence-electron chi connectivity index (χ3n) is 3.58. The van der Waals surface area contributed by atoms with Gasteiger partial charge in [0.05, 0.1) is 6.21 Å². The van der Waals surface area contributed by atoms with Gasteiger partial charge in [0.2, 0.25) is 5.16 Å². The van der Waals surface area contributed by atoms with Crippen molar-refractivity contribution in [3.05, 3.63) is 41.3 Å². The van der Waals surface area contributed by atoms with Gasteiger partial charge in [-0.3, -0.25) is 0 Å². The molecule has 0 unspecified atom stereocenters. The van der Waals surface area contributed by atoms with Gasteiger partial charge >= 0.3 is 0 Å². The van der Waals surface area contributed by atoms with Crippen molar-refractivity contribution >= 4 is 28.9 Å². The second-order valence-corrected chi connectivity index (χ2v) is 6.24. The Kier molecular flexibility index (Phi) is 4.02. The van der Waals surface area contributed by atoms with E-state index < -0.39 is 0 Å². The quantitative estimate of drug-likeness (QED) is 0.589. The van der Waals surface area contributed by atoms with Crippen LogP contribution in [0.15, 0.2) is 34.5 Å². The van der Waals surface area contributed by atoms with Crippen LogP contribution >= 0.6 is 11.8 Å². The number of para-hydroxylation sites is 1. The van der Waals surface area contributed by atoms with Crippen molar-refractivity contribution in [3.8, 4) is 0 Å². The summed E-state index contributed by atoms with van der Waals surface area (Å²) in [6.45, 7) is 6.25. The Balaban J connectivity index is 2.07. The first-order valence-electron chi connectivity index (χ1n) is 7.22. The topological polar surface area (TPSA) is 58.9 Å². The Labute approximate surface area is 133 Å². The number of aryl methyl sites for hydroxylation is 1. The molecule has 3 rings (SSSR count). The summed E-state index contributed by atoms with van der Waals surface area (Å²) in [5.74, 6) is 1.15. The third-order valence-corrected chi connectivity index (χ3v) is 4.20. The molecule has 0 aliphatic carbocycles. The third kappa shape index (κ3) is 2.54. The largest absolute Gasteiger partial charge is 0.358 e. The summed E-state index contributed by atoms with van der Waals surface area (Å²) >= 11 is 1.55. The van der Waals surface area contributed by atoms with Crippen LogP contribution in [-0.4, -0.2) is 32.3 Å². The van der Waals surface area contributed by atoms with E-state index in [0.717, 1.165) is 27.8 Å². The minimum Gasteiger partial charge on any atom is -0.358 e. The van der Waals surface area contributed by atoms with Crippen LogP contribution in [0.5, 0.6) is 0 Å². The zero-order valence-corrected chi connectivity index (χ0v) is 14.0. The van der Waals surface area contributed by atoms with E-state index in [1.54, 1.807) is 11.8 Å². The van der Waals surface area contributed by atoms with Gasteiger partial charge in [-0.25, -0.2) is 0 Å². The highest BCUT2D eigenvalue weighted by atomic mass is 32.2. The standard InChI is InChI=1S/C16H19N5S/c1-10(2)15-19-20-16(22-4)21(15)17-9-13-11(3)18-14-8-6-5-7-12(13)14/h5-10,18H,1-4H3/b17-9-. The fourth-order valence-corrected chi connectivity index (χ4v) is 2.89. The maximum atomic E-state index is 4.64. The lowest BCUT2D eigenvalue weighted by Crippen LogP contribution is -2.02. The molecular formula is C16H19N5S. The normalized spacial score (nSPS) is 12.0. The molecule has 0 aliphatic rings. The maximum Gasteiger partial charge on any atom is 0.211 e. The first kappa shape index (κ1) is 14.8. The van der Waals surface area contributed by atoms with Crippen molar-refractivity contribution < 1.29 is 0 Å². The van der Waals surface area contributed by atoms with Crippen LogP contribution in [0.3, 0.4) is 0 Å². The molecule has 114 valence electrons. The molecule has 0 saturated carbocycles. The van der Waals surface area contributed by atoms with E-state index in [9.17, 15) is 0 Å². The fraction of sp³-hybridized carbons (Fsp3) is 0.312. The monoisotopic (exact) mass is 313 g/mol. The molecule has 0 radical (unpaired) electrons. The summed E-state index contributed by atoms with van der Waals surface area (Å²) in [4.78, 5) is 3.39. The number of benzene rings is 1. The molecule has 0 atom stereocenters. The summed E-state index contributed by atoms with van der Waals surface area (Å²) in [6.07, 6.45) is 3.88. The summed E-state index contributed by atoms with van der Waals surface area (Å²) in [5, 5.41) is 15.1. The highest BCUT2D eigenvalue weighted by molar-refractivity contribution is 7.98. The number of nitrogens with zero attached hydrogens (tertiary/aromatic N) is 4. The fourth-order valence-electron chi connectivity index (χ4n) is 2.45. The lowest BCUT2D eigenvalue weighted by atomic mass is 10.1. The van der Waals surface area contributed by atoms with Crippen LogP contribution in [0.25, 0.3) is 10.9 Å². The van der Waals surface area contributed by atoms with Crippen LogP contribution in [-0.2, 0) is 0 Å². The van der Waals surface area contributed by atoms with Gasteiger partial charge in [-0.15, -0.1) is 10.2 Å². The molecule has 2 heterocycles. The Morgan fingerprint density at radius 2 is 2.05 bits per heavy atom.